The summed E-state index contributed by atoms with van der Waals surface area (Å²) in [7, 11) is 0. The van der Waals surface area contributed by atoms with E-state index in [4.69, 9.17) is 9.84 Å². The van der Waals surface area contributed by atoms with Crippen molar-refractivity contribution in [3.63, 3.8) is 0 Å². The Balaban J connectivity index is 3.49. The predicted octanol–water partition coefficient (Wildman–Crippen LogP) is 1.13. The SMILES string of the molecule is CC(=O)OC(CO)CCCI. The minimum Gasteiger partial charge on any atom is -0.460 e. The first-order valence-electron chi connectivity index (χ1n) is 3.54. The Labute approximate surface area is 80.3 Å². The van der Waals surface area contributed by atoms with Crippen molar-refractivity contribution in [1.82, 2.24) is 0 Å². The van der Waals surface area contributed by atoms with E-state index in [9.17, 15) is 4.79 Å². The first-order valence-corrected chi connectivity index (χ1v) is 5.07. The highest BCUT2D eigenvalue weighted by molar-refractivity contribution is 14.1. The zero-order valence-corrected chi connectivity index (χ0v) is 8.70. The number of aliphatic hydroxyl groups excluding tert-OH is 1. The van der Waals surface area contributed by atoms with E-state index in [1.165, 1.54) is 6.92 Å². The van der Waals surface area contributed by atoms with E-state index >= 15 is 0 Å². The topological polar surface area (TPSA) is 46.5 Å². The zero-order valence-electron chi connectivity index (χ0n) is 6.55. The molecule has 0 radical (unpaired) electrons. The summed E-state index contributed by atoms with van der Waals surface area (Å²) in [6.45, 7) is 1.28. The zero-order chi connectivity index (χ0) is 8.69. The van der Waals surface area contributed by atoms with Crippen LogP contribution in [0, 0.1) is 0 Å². The lowest BCUT2D eigenvalue weighted by atomic mass is 10.2. The highest BCUT2D eigenvalue weighted by Gasteiger charge is 2.08. The minimum atomic E-state index is -0.322. The van der Waals surface area contributed by atoms with Crippen molar-refractivity contribution in [3.05, 3.63) is 0 Å². The van der Waals surface area contributed by atoms with Crippen molar-refractivity contribution in [2.45, 2.75) is 25.9 Å². The maximum Gasteiger partial charge on any atom is 0.302 e. The van der Waals surface area contributed by atoms with Gasteiger partial charge in [-0.05, 0) is 17.3 Å². The van der Waals surface area contributed by atoms with Crippen molar-refractivity contribution in [2.75, 3.05) is 11.0 Å². The molecule has 0 aromatic carbocycles. The van der Waals surface area contributed by atoms with Gasteiger partial charge in [0.15, 0.2) is 0 Å². The molecule has 0 fully saturated rings. The summed E-state index contributed by atoms with van der Waals surface area (Å²) in [4.78, 5) is 10.4. The van der Waals surface area contributed by atoms with Crippen LogP contribution in [0.3, 0.4) is 0 Å². The molecule has 0 spiro atoms. The number of aliphatic hydroxyl groups is 1. The molecule has 3 nitrogen and oxygen atoms in total. The molecule has 0 aromatic rings. The summed E-state index contributed by atoms with van der Waals surface area (Å²) in [5, 5.41) is 8.72. The fourth-order valence-electron chi connectivity index (χ4n) is 0.727. The van der Waals surface area contributed by atoms with Gasteiger partial charge in [-0.25, -0.2) is 0 Å². The molecule has 11 heavy (non-hydrogen) atoms. The lowest BCUT2D eigenvalue weighted by Gasteiger charge is -2.12. The largest absolute Gasteiger partial charge is 0.460 e. The predicted molar refractivity (Wildman–Crippen MR) is 50.8 cm³/mol. The third kappa shape index (κ3) is 6.55. The smallest absolute Gasteiger partial charge is 0.302 e. The average Bonchev–Trinajstić information content (AvgIpc) is 1.97. The van der Waals surface area contributed by atoms with E-state index in [0.29, 0.717) is 0 Å². The van der Waals surface area contributed by atoms with E-state index in [1.54, 1.807) is 0 Å². The molecule has 0 rings (SSSR count). The maximum atomic E-state index is 10.4. The van der Waals surface area contributed by atoms with Gasteiger partial charge in [-0.1, -0.05) is 22.6 Å². The van der Waals surface area contributed by atoms with Crippen LogP contribution in [0.25, 0.3) is 0 Å². The summed E-state index contributed by atoms with van der Waals surface area (Å²) in [6, 6.07) is 0. The van der Waals surface area contributed by atoms with Crippen LogP contribution >= 0.6 is 22.6 Å². The standard InChI is InChI=1S/C7H13IO3/c1-6(10)11-7(5-9)3-2-4-8/h7,9H,2-5H2,1H3. The highest BCUT2D eigenvalue weighted by atomic mass is 127. The van der Waals surface area contributed by atoms with Crippen LogP contribution in [0.5, 0.6) is 0 Å². The number of hydrogen-bond acceptors (Lipinski definition) is 3. The molecule has 1 N–H and O–H groups in total. The Bertz CT molecular complexity index is 116. The molecule has 0 aliphatic heterocycles. The molecular formula is C7H13IO3. The van der Waals surface area contributed by atoms with Crippen molar-refractivity contribution in [2.24, 2.45) is 0 Å². The molecule has 4 heteroatoms. The molecular weight excluding hydrogens is 259 g/mol. The molecule has 1 atom stereocenters. The second-order valence-electron chi connectivity index (χ2n) is 2.25. The van der Waals surface area contributed by atoms with Gasteiger partial charge in [0, 0.05) is 6.92 Å². The minimum absolute atomic E-state index is 0.0732. The van der Waals surface area contributed by atoms with Gasteiger partial charge < -0.3 is 9.84 Å². The number of esters is 1. The van der Waals surface area contributed by atoms with Crippen LogP contribution in [0.15, 0.2) is 0 Å². The van der Waals surface area contributed by atoms with Crippen molar-refractivity contribution in [1.29, 1.82) is 0 Å². The van der Waals surface area contributed by atoms with Crippen molar-refractivity contribution < 1.29 is 14.6 Å². The second kappa shape index (κ2) is 6.84. The number of ether oxygens (including phenoxy) is 1. The van der Waals surface area contributed by atoms with E-state index in [0.717, 1.165) is 17.3 Å². The van der Waals surface area contributed by atoms with Crippen LogP contribution in [-0.2, 0) is 9.53 Å². The molecule has 0 amide bonds. The molecule has 0 aliphatic rings. The lowest BCUT2D eigenvalue weighted by Crippen LogP contribution is -2.20. The van der Waals surface area contributed by atoms with E-state index < -0.39 is 0 Å². The van der Waals surface area contributed by atoms with Gasteiger partial charge in [-0.15, -0.1) is 0 Å². The van der Waals surface area contributed by atoms with Gasteiger partial charge in [0.05, 0.1) is 6.61 Å². The summed E-state index contributed by atoms with van der Waals surface area (Å²) in [5.41, 5.74) is 0. The lowest BCUT2D eigenvalue weighted by molar-refractivity contribution is -0.148. The van der Waals surface area contributed by atoms with Gasteiger partial charge >= 0.3 is 5.97 Å². The Morgan fingerprint density at radius 1 is 1.73 bits per heavy atom. The van der Waals surface area contributed by atoms with Crippen LogP contribution < -0.4 is 0 Å². The van der Waals surface area contributed by atoms with Gasteiger partial charge in [-0.2, -0.15) is 0 Å². The first kappa shape index (κ1) is 11.2. The van der Waals surface area contributed by atoms with Gasteiger partial charge in [0.2, 0.25) is 0 Å². The van der Waals surface area contributed by atoms with Crippen LogP contribution in [0.1, 0.15) is 19.8 Å². The Morgan fingerprint density at radius 2 is 2.36 bits per heavy atom. The molecule has 0 saturated heterocycles. The number of rotatable bonds is 5. The molecule has 0 aliphatic carbocycles. The monoisotopic (exact) mass is 272 g/mol. The van der Waals surface area contributed by atoms with Crippen LogP contribution in [0.2, 0.25) is 0 Å². The van der Waals surface area contributed by atoms with Gasteiger partial charge in [0.25, 0.3) is 0 Å². The molecule has 66 valence electrons. The van der Waals surface area contributed by atoms with E-state index in [1.807, 2.05) is 0 Å². The summed E-state index contributed by atoms with van der Waals surface area (Å²) in [6.07, 6.45) is 1.42. The average molecular weight is 272 g/mol. The maximum absolute atomic E-state index is 10.4. The fourth-order valence-corrected chi connectivity index (χ4v) is 1.17. The van der Waals surface area contributed by atoms with Crippen molar-refractivity contribution >= 4 is 28.6 Å². The molecule has 0 saturated carbocycles. The fraction of sp³-hybridized carbons (Fsp3) is 0.857. The quantitative estimate of drug-likeness (QED) is 0.463. The third-order valence-electron chi connectivity index (χ3n) is 1.20. The van der Waals surface area contributed by atoms with Gasteiger partial charge in [-0.3, -0.25) is 4.79 Å². The summed E-state index contributed by atoms with van der Waals surface area (Å²) >= 11 is 2.25. The van der Waals surface area contributed by atoms with Gasteiger partial charge in [0.1, 0.15) is 6.10 Å². The Morgan fingerprint density at radius 3 is 2.73 bits per heavy atom. The molecule has 1 unspecified atom stereocenters. The number of carbonyl (C=O) groups is 1. The Kier molecular flexibility index (Phi) is 6.94. The van der Waals surface area contributed by atoms with Crippen LogP contribution in [0.4, 0.5) is 0 Å². The number of hydrogen-bond donors (Lipinski definition) is 1. The number of halogens is 1. The second-order valence-corrected chi connectivity index (χ2v) is 3.32. The Hall–Kier alpha value is 0.160. The first-order chi connectivity index (χ1) is 5.20. The van der Waals surface area contributed by atoms with Crippen LogP contribution in [-0.4, -0.2) is 28.2 Å². The number of alkyl halides is 1. The summed E-state index contributed by atoms with van der Waals surface area (Å²) in [5.74, 6) is -0.322. The molecule has 0 aromatic heterocycles. The van der Waals surface area contributed by atoms with E-state index in [2.05, 4.69) is 22.6 Å². The summed E-state index contributed by atoms with van der Waals surface area (Å²) < 4.78 is 5.83. The third-order valence-corrected chi connectivity index (χ3v) is 1.96. The molecule has 0 bridgehead atoms. The number of carbonyl (C=O) groups excluding carboxylic acids is 1. The normalized spacial score (nSPS) is 12.6. The van der Waals surface area contributed by atoms with E-state index in [-0.39, 0.29) is 18.7 Å². The molecule has 0 heterocycles. The highest BCUT2D eigenvalue weighted by Crippen LogP contribution is 2.03. The van der Waals surface area contributed by atoms with Crippen molar-refractivity contribution in [3.8, 4) is 0 Å².